The molecule has 6 heteroatoms. The molecule has 3 nitrogen and oxygen atoms in total. The smallest absolute Gasteiger partial charge is 0.261 e. The summed E-state index contributed by atoms with van der Waals surface area (Å²) in [5.41, 5.74) is 0.0989. The predicted octanol–water partition coefficient (Wildman–Crippen LogP) is 2.62. The van der Waals surface area contributed by atoms with Gasteiger partial charge >= 0.3 is 0 Å². The number of hydrogen-bond donors (Lipinski definition) is 0. The fourth-order valence-corrected chi connectivity index (χ4v) is 1.30. The van der Waals surface area contributed by atoms with Gasteiger partial charge in [-0.1, -0.05) is 5.16 Å². The average molecular weight is 308 g/mol. The van der Waals surface area contributed by atoms with E-state index in [0.717, 1.165) is 12.1 Å². The van der Waals surface area contributed by atoms with Crippen LogP contribution in [0.15, 0.2) is 22.7 Å². The zero-order chi connectivity index (χ0) is 10.1. The molecule has 2 rings (SSSR count). The maximum atomic E-state index is 13.2. The molecule has 0 aliphatic rings. The molecule has 14 heavy (non-hydrogen) atoms. The third-order valence-electron chi connectivity index (χ3n) is 1.56. The van der Waals surface area contributed by atoms with Crippen LogP contribution in [0.2, 0.25) is 0 Å². The van der Waals surface area contributed by atoms with E-state index in [0.29, 0.717) is 3.83 Å². The molecule has 0 saturated heterocycles. The van der Waals surface area contributed by atoms with Crippen LogP contribution in [0.4, 0.5) is 8.78 Å². The van der Waals surface area contributed by atoms with Gasteiger partial charge in [0.05, 0.1) is 5.56 Å². The second-order valence-electron chi connectivity index (χ2n) is 2.49. The number of rotatable bonds is 1. The third-order valence-corrected chi connectivity index (χ3v) is 2.00. The lowest BCUT2D eigenvalue weighted by atomic mass is 10.2. The summed E-state index contributed by atoms with van der Waals surface area (Å²) in [6.07, 6.45) is 0. The van der Waals surface area contributed by atoms with Gasteiger partial charge in [-0.05, 0) is 12.1 Å². The number of hydrogen-bond acceptors (Lipinski definition) is 3. The molecule has 0 unspecified atom stereocenters. The minimum atomic E-state index is -0.718. The van der Waals surface area contributed by atoms with Crippen molar-refractivity contribution in [1.82, 2.24) is 10.1 Å². The van der Waals surface area contributed by atoms with Gasteiger partial charge in [0.2, 0.25) is 3.83 Å². The molecule has 2 aromatic rings. The van der Waals surface area contributed by atoms with Crippen LogP contribution in [0, 0.1) is 15.5 Å². The van der Waals surface area contributed by atoms with Crippen LogP contribution >= 0.6 is 22.6 Å². The van der Waals surface area contributed by atoms with Crippen LogP contribution in [0.5, 0.6) is 0 Å². The number of aromatic nitrogens is 2. The van der Waals surface area contributed by atoms with Crippen molar-refractivity contribution < 1.29 is 13.3 Å². The van der Waals surface area contributed by atoms with Gasteiger partial charge in [-0.15, -0.1) is 0 Å². The quantitative estimate of drug-likeness (QED) is 0.760. The normalized spacial score (nSPS) is 10.5. The van der Waals surface area contributed by atoms with Crippen LogP contribution in [-0.2, 0) is 0 Å². The highest BCUT2D eigenvalue weighted by Gasteiger charge is 2.12. The summed E-state index contributed by atoms with van der Waals surface area (Å²) in [6, 6.07) is 3.16. The predicted molar refractivity (Wildman–Crippen MR) is 52.4 cm³/mol. The van der Waals surface area contributed by atoms with Crippen LogP contribution < -0.4 is 0 Å². The molecule has 0 spiro atoms. The van der Waals surface area contributed by atoms with Crippen molar-refractivity contribution in [3.63, 3.8) is 0 Å². The molecule has 0 atom stereocenters. The van der Waals surface area contributed by atoms with Crippen molar-refractivity contribution in [1.29, 1.82) is 0 Å². The van der Waals surface area contributed by atoms with E-state index < -0.39 is 11.6 Å². The fraction of sp³-hybridized carbons (Fsp3) is 0. The molecule has 72 valence electrons. The van der Waals surface area contributed by atoms with Crippen molar-refractivity contribution >= 4 is 22.6 Å². The Hall–Kier alpha value is -1.05. The van der Waals surface area contributed by atoms with Crippen molar-refractivity contribution in [2.45, 2.75) is 0 Å². The van der Waals surface area contributed by atoms with Crippen LogP contribution in [0.1, 0.15) is 0 Å². The standard InChI is InChI=1S/C8H3F2IN2O/c9-4-1-2-5(6(10)3-4)7-12-8(11)13-14-7/h1-3H. The zero-order valence-corrected chi connectivity index (χ0v) is 8.83. The first kappa shape index (κ1) is 9.50. The lowest BCUT2D eigenvalue weighted by Gasteiger charge is -1.95. The molecule has 1 aromatic carbocycles. The Bertz CT molecular complexity index is 472. The van der Waals surface area contributed by atoms with Gasteiger partial charge in [0, 0.05) is 28.7 Å². The summed E-state index contributed by atoms with van der Waals surface area (Å²) in [5, 5.41) is 3.50. The summed E-state index contributed by atoms with van der Waals surface area (Å²) in [6.45, 7) is 0. The Kier molecular flexibility index (Phi) is 2.44. The van der Waals surface area contributed by atoms with Crippen LogP contribution in [0.25, 0.3) is 11.5 Å². The molecule has 0 radical (unpaired) electrons. The van der Waals surface area contributed by atoms with Gasteiger partial charge in [0.25, 0.3) is 5.89 Å². The molecule has 0 fully saturated rings. The minimum absolute atomic E-state index is 0.0481. The van der Waals surface area contributed by atoms with Crippen LogP contribution in [0.3, 0.4) is 0 Å². The third kappa shape index (κ3) is 1.74. The molecule has 0 aliphatic heterocycles. The van der Waals surface area contributed by atoms with Gasteiger partial charge < -0.3 is 4.52 Å². The lowest BCUT2D eigenvalue weighted by molar-refractivity contribution is 0.423. The van der Waals surface area contributed by atoms with Gasteiger partial charge in [-0.3, -0.25) is 0 Å². The summed E-state index contributed by atoms with van der Waals surface area (Å²) in [4.78, 5) is 3.82. The summed E-state index contributed by atoms with van der Waals surface area (Å²) >= 11 is 1.83. The molecule has 1 aromatic heterocycles. The van der Waals surface area contributed by atoms with Crippen LogP contribution in [-0.4, -0.2) is 10.1 Å². The largest absolute Gasteiger partial charge is 0.333 e. The minimum Gasteiger partial charge on any atom is -0.333 e. The van der Waals surface area contributed by atoms with E-state index in [1.807, 2.05) is 22.6 Å². The Morgan fingerprint density at radius 2 is 2.07 bits per heavy atom. The molecule has 0 saturated carbocycles. The molecular weight excluding hydrogens is 305 g/mol. The topological polar surface area (TPSA) is 38.9 Å². The maximum Gasteiger partial charge on any atom is 0.261 e. The van der Waals surface area contributed by atoms with Gasteiger partial charge in [-0.25, -0.2) is 8.78 Å². The fourth-order valence-electron chi connectivity index (χ4n) is 0.978. The summed E-state index contributed by atoms with van der Waals surface area (Å²) < 4.78 is 30.9. The second-order valence-corrected chi connectivity index (χ2v) is 3.46. The molecular formula is C8H3F2IN2O. The molecule has 1 heterocycles. The maximum absolute atomic E-state index is 13.2. The highest BCUT2D eigenvalue weighted by atomic mass is 127. The first-order chi connectivity index (χ1) is 6.66. The van der Waals surface area contributed by atoms with Gasteiger partial charge in [-0.2, -0.15) is 4.98 Å². The van der Waals surface area contributed by atoms with E-state index in [2.05, 4.69) is 10.1 Å². The van der Waals surface area contributed by atoms with Crippen molar-refractivity contribution in [2.24, 2.45) is 0 Å². The molecule has 0 bridgehead atoms. The van der Waals surface area contributed by atoms with E-state index in [1.54, 1.807) is 0 Å². The summed E-state index contributed by atoms with van der Waals surface area (Å²) in [5.74, 6) is -1.31. The SMILES string of the molecule is Fc1ccc(-c2nc(I)no2)c(F)c1. The highest BCUT2D eigenvalue weighted by Crippen LogP contribution is 2.21. The van der Waals surface area contributed by atoms with Gasteiger partial charge in [0.1, 0.15) is 11.6 Å². The Balaban J connectivity index is 2.52. The van der Waals surface area contributed by atoms with Crippen molar-refractivity contribution in [3.05, 3.63) is 33.7 Å². The van der Waals surface area contributed by atoms with E-state index in [1.165, 1.54) is 6.07 Å². The Labute approximate surface area is 91.3 Å². The number of halogens is 3. The lowest BCUT2D eigenvalue weighted by Crippen LogP contribution is -1.86. The molecule has 0 aliphatic carbocycles. The molecule has 0 amide bonds. The first-order valence-electron chi connectivity index (χ1n) is 3.61. The second kappa shape index (κ2) is 3.60. The van der Waals surface area contributed by atoms with E-state index in [9.17, 15) is 8.78 Å². The van der Waals surface area contributed by atoms with Gasteiger partial charge in [0.15, 0.2) is 0 Å². The monoisotopic (exact) mass is 308 g/mol. The average Bonchev–Trinajstić information content (AvgIpc) is 2.51. The Morgan fingerprint density at radius 1 is 1.29 bits per heavy atom. The molecule has 0 N–H and O–H groups in total. The van der Waals surface area contributed by atoms with E-state index >= 15 is 0 Å². The number of benzene rings is 1. The van der Waals surface area contributed by atoms with Crippen molar-refractivity contribution in [3.8, 4) is 11.5 Å². The Morgan fingerprint density at radius 3 is 2.64 bits per heavy atom. The summed E-state index contributed by atoms with van der Waals surface area (Å²) in [7, 11) is 0. The van der Waals surface area contributed by atoms with Crippen molar-refractivity contribution in [2.75, 3.05) is 0 Å². The van der Waals surface area contributed by atoms with E-state index in [-0.39, 0.29) is 11.5 Å². The van der Waals surface area contributed by atoms with E-state index in [4.69, 9.17) is 4.52 Å². The first-order valence-corrected chi connectivity index (χ1v) is 4.69. The highest BCUT2D eigenvalue weighted by molar-refractivity contribution is 14.1. The zero-order valence-electron chi connectivity index (χ0n) is 6.67. The number of nitrogens with zero attached hydrogens (tertiary/aromatic N) is 2.